The number of esters is 3. The molecule has 0 aliphatic carbocycles. The quantitative estimate of drug-likeness (QED) is 0.0263. The average molecular weight is 871 g/mol. The molecular formula is C57H90O6. The van der Waals surface area contributed by atoms with Gasteiger partial charge in [-0.05, 0) is 44.9 Å². The molecule has 0 aliphatic heterocycles. The van der Waals surface area contributed by atoms with Gasteiger partial charge in [-0.3, -0.25) is 14.4 Å². The van der Waals surface area contributed by atoms with Gasteiger partial charge >= 0.3 is 17.9 Å². The Labute approximate surface area is 386 Å². The second-order valence-corrected chi connectivity index (χ2v) is 16.2. The highest BCUT2D eigenvalue weighted by atomic mass is 16.6. The van der Waals surface area contributed by atoms with Gasteiger partial charge in [-0.2, -0.15) is 0 Å². The Morgan fingerprint density at radius 3 is 0.968 bits per heavy atom. The Balaban J connectivity index is 4.51. The van der Waals surface area contributed by atoms with Crippen molar-refractivity contribution in [3.05, 3.63) is 122 Å². The van der Waals surface area contributed by atoms with E-state index in [2.05, 4.69) is 32.9 Å². The maximum atomic E-state index is 12.7. The number of rotatable bonds is 43. The molecule has 0 aromatic heterocycles. The van der Waals surface area contributed by atoms with Crippen LogP contribution in [0.5, 0.6) is 0 Å². The summed E-state index contributed by atoms with van der Waals surface area (Å²) >= 11 is 0. The first kappa shape index (κ1) is 58.8. The third kappa shape index (κ3) is 48.7. The van der Waals surface area contributed by atoms with Crippen LogP contribution in [0.4, 0.5) is 0 Å². The number of carbonyl (C=O) groups is 3. The number of ether oxygens (including phenoxy) is 3. The van der Waals surface area contributed by atoms with Gasteiger partial charge in [0.15, 0.2) is 6.10 Å². The van der Waals surface area contributed by atoms with E-state index in [0.717, 1.165) is 38.5 Å². The summed E-state index contributed by atoms with van der Waals surface area (Å²) in [4.78, 5) is 37.9. The summed E-state index contributed by atoms with van der Waals surface area (Å²) in [7, 11) is 0. The first-order valence-electron chi connectivity index (χ1n) is 25.2. The second-order valence-electron chi connectivity index (χ2n) is 16.2. The van der Waals surface area contributed by atoms with Crippen LogP contribution in [-0.2, 0) is 28.6 Å². The van der Waals surface area contributed by atoms with Crippen LogP contribution in [0.25, 0.3) is 0 Å². The number of unbranched alkanes of at least 4 members (excludes halogenated alkanes) is 20. The first-order valence-corrected chi connectivity index (χ1v) is 25.2. The third-order valence-electron chi connectivity index (χ3n) is 10.2. The normalized spacial score (nSPS) is 13.1. The van der Waals surface area contributed by atoms with Crippen LogP contribution in [0.1, 0.15) is 201 Å². The Morgan fingerprint density at radius 1 is 0.333 bits per heavy atom. The van der Waals surface area contributed by atoms with Crippen LogP contribution in [-0.4, -0.2) is 37.2 Å². The Hall–Kier alpha value is -4.19. The minimum Gasteiger partial charge on any atom is -0.462 e. The van der Waals surface area contributed by atoms with E-state index in [0.29, 0.717) is 25.7 Å². The molecule has 6 heteroatoms. The molecule has 0 saturated heterocycles. The van der Waals surface area contributed by atoms with Crippen molar-refractivity contribution in [3.8, 4) is 0 Å². The summed E-state index contributed by atoms with van der Waals surface area (Å²) < 4.78 is 16.6. The summed E-state index contributed by atoms with van der Waals surface area (Å²) in [5.41, 5.74) is 0. The lowest BCUT2D eigenvalue weighted by Gasteiger charge is -2.18. The molecular weight excluding hydrogens is 781 g/mol. The molecule has 0 aliphatic rings. The van der Waals surface area contributed by atoms with Crippen LogP contribution in [0.15, 0.2) is 122 Å². The molecule has 0 amide bonds. The lowest BCUT2D eigenvalue weighted by atomic mass is 10.0. The van der Waals surface area contributed by atoms with Crippen molar-refractivity contribution in [2.75, 3.05) is 13.2 Å². The fourth-order valence-corrected chi connectivity index (χ4v) is 6.50. The smallest absolute Gasteiger partial charge is 0.306 e. The van der Waals surface area contributed by atoms with Crippen LogP contribution in [0.3, 0.4) is 0 Å². The van der Waals surface area contributed by atoms with E-state index < -0.39 is 12.1 Å². The van der Waals surface area contributed by atoms with Gasteiger partial charge in [0.2, 0.25) is 0 Å². The maximum Gasteiger partial charge on any atom is 0.306 e. The van der Waals surface area contributed by atoms with Gasteiger partial charge in [0, 0.05) is 19.3 Å². The molecule has 0 aromatic rings. The zero-order valence-electron chi connectivity index (χ0n) is 40.3. The van der Waals surface area contributed by atoms with Crippen molar-refractivity contribution in [2.45, 2.75) is 207 Å². The van der Waals surface area contributed by atoms with E-state index in [9.17, 15) is 14.4 Å². The molecule has 0 bridgehead atoms. The van der Waals surface area contributed by atoms with E-state index in [-0.39, 0.29) is 38.0 Å². The number of carbonyl (C=O) groups excluding carboxylic acids is 3. The summed E-state index contributed by atoms with van der Waals surface area (Å²) in [6.45, 7) is 6.21. The van der Waals surface area contributed by atoms with Crippen molar-refractivity contribution < 1.29 is 28.6 Å². The van der Waals surface area contributed by atoms with Gasteiger partial charge in [-0.1, -0.05) is 258 Å². The highest BCUT2D eigenvalue weighted by Gasteiger charge is 2.19. The van der Waals surface area contributed by atoms with Crippen molar-refractivity contribution in [1.29, 1.82) is 0 Å². The average Bonchev–Trinajstić information content (AvgIpc) is 3.28. The third-order valence-corrected chi connectivity index (χ3v) is 10.2. The summed E-state index contributed by atoms with van der Waals surface area (Å²) in [5.74, 6) is -1.09. The van der Waals surface area contributed by atoms with Crippen molar-refractivity contribution in [3.63, 3.8) is 0 Å². The number of allylic oxidation sites excluding steroid dienone is 20. The molecule has 0 fully saturated rings. The minimum atomic E-state index is -0.845. The highest BCUT2D eigenvalue weighted by molar-refractivity contribution is 5.71. The molecule has 0 radical (unpaired) electrons. The number of hydrogen-bond acceptors (Lipinski definition) is 6. The molecule has 1 atom stereocenters. The Bertz CT molecular complexity index is 1370. The SMILES string of the molecule is CC\C=C/C=C\C=C/C=C\C=C/CCCC(=O)OCC(COC(=O)CCCCCCCCCCCCCCCCCCCCC)OC(=O)CCC\C=C/C=C\C=C/C=C\C=C/CC. The lowest BCUT2D eigenvalue weighted by molar-refractivity contribution is -0.167. The lowest BCUT2D eigenvalue weighted by Crippen LogP contribution is -2.30. The van der Waals surface area contributed by atoms with Crippen molar-refractivity contribution >= 4 is 17.9 Å². The van der Waals surface area contributed by atoms with Gasteiger partial charge in [0.1, 0.15) is 13.2 Å². The van der Waals surface area contributed by atoms with Crippen molar-refractivity contribution in [1.82, 2.24) is 0 Å². The predicted octanol–water partition coefficient (Wildman–Crippen LogP) is 16.5. The predicted molar refractivity (Wildman–Crippen MR) is 269 cm³/mol. The van der Waals surface area contributed by atoms with Crippen LogP contribution >= 0.6 is 0 Å². The highest BCUT2D eigenvalue weighted by Crippen LogP contribution is 2.15. The Kier molecular flexibility index (Phi) is 47.1. The zero-order chi connectivity index (χ0) is 45.8. The Morgan fingerprint density at radius 2 is 0.619 bits per heavy atom. The van der Waals surface area contributed by atoms with E-state index in [4.69, 9.17) is 14.2 Å². The molecule has 0 spiro atoms. The van der Waals surface area contributed by atoms with Crippen LogP contribution < -0.4 is 0 Å². The van der Waals surface area contributed by atoms with E-state index >= 15 is 0 Å². The van der Waals surface area contributed by atoms with E-state index in [1.54, 1.807) is 0 Å². The molecule has 63 heavy (non-hydrogen) atoms. The van der Waals surface area contributed by atoms with Crippen LogP contribution in [0.2, 0.25) is 0 Å². The first-order chi connectivity index (χ1) is 31.0. The monoisotopic (exact) mass is 871 g/mol. The number of hydrogen-bond donors (Lipinski definition) is 0. The van der Waals surface area contributed by atoms with Crippen molar-refractivity contribution in [2.24, 2.45) is 0 Å². The molecule has 0 aromatic carbocycles. The summed E-state index contributed by atoms with van der Waals surface area (Å²) in [6, 6.07) is 0. The van der Waals surface area contributed by atoms with Gasteiger partial charge in [0.25, 0.3) is 0 Å². The van der Waals surface area contributed by atoms with E-state index in [1.165, 1.54) is 103 Å². The molecule has 354 valence electrons. The molecule has 0 saturated carbocycles. The minimum absolute atomic E-state index is 0.131. The van der Waals surface area contributed by atoms with Gasteiger partial charge < -0.3 is 14.2 Å². The van der Waals surface area contributed by atoms with Gasteiger partial charge in [-0.15, -0.1) is 0 Å². The second kappa shape index (κ2) is 50.5. The standard InChI is InChI=1S/C57H90O6/c1-4-7-10-13-16-19-22-25-26-27-28-29-30-33-35-38-41-44-47-50-56(59)62-53-54(63-57(60)51-48-45-42-39-36-32-24-21-18-15-12-9-6-3)52-61-55(58)49-46-43-40-37-34-31-23-20-17-14-11-8-5-2/h8-9,11-12,14-15,17-18,20-21,23-24,31-32,34,36-37,39-40,42,54H,4-7,10,13,16,19,22,25-30,33,35,38,41,43-53H2,1-3H3/b11-8-,12-9-,17-14-,18-15-,23-20-,24-21-,34-31-,36-32-,40-37-,42-39-. The topological polar surface area (TPSA) is 78.9 Å². The van der Waals surface area contributed by atoms with Gasteiger partial charge in [-0.25, -0.2) is 0 Å². The van der Waals surface area contributed by atoms with Gasteiger partial charge in [0.05, 0.1) is 0 Å². The largest absolute Gasteiger partial charge is 0.462 e. The molecule has 0 heterocycles. The fraction of sp³-hybridized carbons (Fsp3) is 0.596. The van der Waals surface area contributed by atoms with Crippen LogP contribution in [0, 0.1) is 0 Å². The molecule has 0 N–H and O–H groups in total. The zero-order valence-corrected chi connectivity index (χ0v) is 40.3. The molecule has 1 unspecified atom stereocenters. The molecule has 0 rings (SSSR count). The maximum absolute atomic E-state index is 12.7. The van der Waals surface area contributed by atoms with E-state index in [1.807, 2.05) is 109 Å². The summed E-state index contributed by atoms with van der Waals surface area (Å²) in [6.07, 6.45) is 69.2. The summed E-state index contributed by atoms with van der Waals surface area (Å²) in [5, 5.41) is 0. The fourth-order valence-electron chi connectivity index (χ4n) is 6.50. The molecule has 6 nitrogen and oxygen atoms in total.